The summed E-state index contributed by atoms with van der Waals surface area (Å²) in [7, 11) is 0. The van der Waals surface area contributed by atoms with Crippen molar-refractivity contribution in [2.24, 2.45) is 0 Å². The van der Waals surface area contributed by atoms with Gasteiger partial charge in [0.1, 0.15) is 5.75 Å². The van der Waals surface area contributed by atoms with Gasteiger partial charge in [-0.2, -0.15) is 0 Å². The minimum atomic E-state index is -0.0986. The average molecular weight is 333 g/mol. The second kappa shape index (κ2) is 7.88. The van der Waals surface area contributed by atoms with Crippen LogP contribution in [0.4, 0.5) is 5.69 Å². The maximum absolute atomic E-state index is 12.1. The number of anilines is 1. The molecule has 3 N–H and O–H groups in total. The van der Waals surface area contributed by atoms with Crippen LogP contribution in [0.1, 0.15) is 30.0 Å². The zero-order valence-electron chi connectivity index (χ0n) is 12.8. The minimum Gasteiger partial charge on any atom is -0.484 e. The van der Waals surface area contributed by atoms with E-state index in [2.05, 4.69) is 5.32 Å². The molecule has 0 fully saturated rings. The van der Waals surface area contributed by atoms with E-state index in [0.717, 1.165) is 24.9 Å². The number of carbonyl (C=O) groups is 1. The predicted octanol–water partition coefficient (Wildman–Crippen LogP) is 3.26. The van der Waals surface area contributed by atoms with Crippen molar-refractivity contribution in [3.63, 3.8) is 0 Å². The molecule has 4 nitrogen and oxygen atoms in total. The topological polar surface area (TPSA) is 64.3 Å². The Morgan fingerprint density at radius 2 is 2.00 bits per heavy atom. The third-order valence-electron chi connectivity index (χ3n) is 3.93. The lowest BCUT2D eigenvalue weighted by atomic mass is 9.87. The van der Waals surface area contributed by atoms with Gasteiger partial charge in [0.05, 0.1) is 6.04 Å². The molecule has 1 amide bonds. The van der Waals surface area contributed by atoms with Crippen LogP contribution in [-0.4, -0.2) is 12.5 Å². The second-order valence-electron chi connectivity index (χ2n) is 5.57. The van der Waals surface area contributed by atoms with Crippen LogP contribution in [0.3, 0.4) is 0 Å². The Balaban J connectivity index is 0.00000192. The van der Waals surface area contributed by atoms with Gasteiger partial charge in [0, 0.05) is 5.69 Å². The number of hydrogen-bond acceptors (Lipinski definition) is 3. The van der Waals surface area contributed by atoms with Crippen LogP contribution in [0.15, 0.2) is 48.5 Å². The quantitative estimate of drug-likeness (QED) is 0.845. The van der Waals surface area contributed by atoms with Crippen LogP contribution < -0.4 is 15.8 Å². The first-order valence-electron chi connectivity index (χ1n) is 7.58. The van der Waals surface area contributed by atoms with Crippen LogP contribution in [0, 0.1) is 0 Å². The first-order chi connectivity index (χ1) is 10.7. The van der Waals surface area contributed by atoms with E-state index in [1.807, 2.05) is 48.5 Å². The molecule has 0 saturated heterocycles. The maximum Gasteiger partial charge on any atom is 0.258 e. The molecule has 0 aromatic heterocycles. The highest BCUT2D eigenvalue weighted by Gasteiger charge is 2.21. The number of amides is 1. The molecule has 2 aromatic carbocycles. The zero-order chi connectivity index (χ0) is 15.4. The number of fused-ring (bicyclic) bond motifs is 1. The van der Waals surface area contributed by atoms with Crippen LogP contribution in [0.25, 0.3) is 0 Å². The molecule has 0 bridgehead atoms. The highest BCUT2D eigenvalue weighted by atomic mass is 35.5. The van der Waals surface area contributed by atoms with Crippen molar-refractivity contribution in [2.75, 3.05) is 12.3 Å². The SMILES string of the molecule is Cl.Nc1ccc2c(c1)CCCC2NC(=O)COc1ccccc1. The number of ether oxygens (including phenoxy) is 1. The fourth-order valence-electron chi connectivity index (χ4n) is 2.89. The van der Waals surface area contributed by atoms with Crippen LogP contribution >= 0.6 is 12.4 Å². The number of nitrogen functional groups attached to an aromatic ring is 1. The lowest BCUT2D eigenvalue weighted by Crippen LogP contribution is -2.34. The van der Waals surface area contributed by atoms with E-state index in [-0.39, 0.29) is 31.0 Å². The lowest BCUT2D eigenvalue weighted by molar-refractivity contribution is -0.123. The molecule has 0 heterocycles. The van der Waals surface area contributed by atoms with Crippen LogP contribution in [-0.2, 0) is 11.2 Å². The molecule has 1 aliphatic rings. The number of halogens is 1. The molecular weight excluding hydrogens is 312 g/mol. The fourth-order valence-corrected chi connectivity index (χ4v) is 2.89. The summed E-state index contributed by atoms with van der Waals surface area (Å²) in [5, 5.41) is 3.06. The largest absolute Gasteiger partial charge is 0.484 e. The summed E-state index contributed by atoms with van der Waals surface area (Å²) in [4.78, 5) is 12.1. The van der Waals surface area contributed by atoms with Gasteiger partial charge in [-0.25, -0.2) is 0 Å². The normalized spacial score (nSPS) is 15.9. The third kappa shape index (κ3) is 4.39. The first kappa shape index (κ1) is 17.2. The van der Waals surface area contributed by atoms with Gasteiger partial charge in [0.15, 0.2) is 6.61 Å². The number of carbonyl (C=O) groups excluding carboxylic acids is 1. The standard InChI is InChI=1S/C18H20N2O2.ClH/c19-14-9-10-16-13(11-14)5-4-8-17(16)20-18(21)12-22-15-6-2-1-3-7-15;/h1-3,6-7,9-11,17H,4-5,8,12,19H2,(H,20,21);1H. The Morgan fingerprint density at radius 3 is 2.78 bits per heavy atom. The Bertz CT molecular complexity index is 661. The Kier molecular flexibility index (Phi) is 5.88. The van der Waals surface area contributed by atoms with Gasteiger partial charge >= 0.3 is 0 Å². The number of hydrogen-bond donors (Lipinski definition) is 2. The molecule has 3 rings (SSSR count). The van der Waals surface area contributed by atoms with Crippen molar-refractivity contribution in [2.45, 2.75) is 25.3 Å². The average Bonchev–Trinajstić information content (AvgIpc) is 2.54. The Morgan fingerprint density at radius 1 is 1.22 bits per heavy atom. The van der Waals surface area contributed by atoms with E-state index in [1.165, 1.54) is 11.1 Å². The van der Waals surface area contributed by atoms with Gasteiger partial charge in [0.25, 0.3) is 5.91 Å². The fraction of sp³-hybridized carbons (Fsp3) is 0.278. The zero-order valence-corrected chi connectivity index (χ0v) is 13.6. The predicted molar refractivity (Wildman–Crippen MR) is 93.9 cm³/mol. The molecule has 5 heteroatoms. The van der Waals surface area contributed by atoms with Crippen molar-refractivity contribution in [3.05, 3.63) is 59.7 Å². The summed E-state index contributed by atoms with van der Waals surface area (Å²) in [6.45, 7) is 0.0326. The van der Waals surface area contributed by atoms with E-state index in [1.54, 1.807) is 0 Å². The van der Waals surface area contributed by atoms with Crippen LogP contribution in [0.2, 0.25) is 0 Å². The Labute approximate surface area is 142 Å². The number of para-hydroxylation sites is 1. The summed E-state index contributed by atoms with van der Waals surface area (Å²) in [5.74, 6) is 0.605. The van der Waals surface area contributed by atoms with E-state index in [0.29, 0.717) is 5.75 Å². The molecule has 2 aromatic rings. The molecule has 23 heavy (non-hydrogen) atoms. The molecule has 0 spiro atoms. The summed E-state index contributed by atoms with van der Waals surface area (Å²) < 4.78 is 5.48. The van der Waals surface area contributed by atoms with Crippen molar-refractivity contribution in [3.8, 4) is 5.75 Å². The second-order valence-corrected chi connectivity index (χ2v) is 5.57. The molecule has 122 valence electrons. The van der Waals surface area contributed by atoms with E-state index < -0.39 is 0 Å². The molecule has 1 aliphatic carbocycles. The summed E-state index contributed by atoms with van der Waals surface area (Å²) >= 11 is 0. The van der Waals surface area contributed by atoms with Gasteiger partial charge in [-0.3, -0.25) is 4.79 Å². The maximum atomic E-state index is 12.1. The van der Waals surface area contributed by atoms with Gasteiger partial charge < -0.3 is 15.8 Å². The van der Waals surface area contributed by atoms with Gasteiger partial charge in [0.2, 0.25) is 0 Å². The number of aryl methyl sites for hydroxylation is 1. The number of benzene rings is 2. The number of rotatable bonds is 4. The lowest BCUT2D eigenvalue weighted by Gasteiger charge is -2.26. The molecule has 1 atom stereocenters. The third-order valence-corrected chi connectivity index (χ3v) is 3.93. The molecule has 0 saturated carbocycles. The molecule has 1 unspecified atom stereocenters. The van der Waals surface area contributed by atoms with Gasteiger partial charge in [-0.05, 0) is 54.7 Å². The van der Waals surface area contributed by atoms with E-state index in [4.69, 9.17) is 10.5 Å². The number of nitrogens with one attached hydrogen (secondary N) is 1. The summed E-state index contributed by atoms with van der Waals surface area (Å²) in [6.07, 6.45) is 3.03. The Hall–Kier alpha value is -2.20. The van der Waals surface area contributed by atoms with Crippen molar-refractivity contribution in [1.29, 1.82) is 0 Å². The molecule has 0 radical (unpaired) electrons. The van der Waals surface area contributed by atoms with Gasteiger partial charge in [-0.1, -0.05) is 24.3 Å². The van der Waals surface area contributed by atoms with Crippen LogP contribution in [0.5, 0.6) is 5.75 Å². The molecule has 0 aliphatic heterocycles. The summed E-state index contributed by atoms with van der Waals surface area (Å²) in [6, 6.07) is 15.3. The first-order valence-corrected chi connectivity index (χ1v) is 7.58. The van der Waals surface area contributed by atoms with Gasteiger partial charge in [-0.15, -0.1) is 12.4 Å². The van der Waals surface area contributed by atoms with E-state index >= 15 is 0 Å². The summed E-state index contributed by atoms with van der Waals surface area (Å²) in [5.41, 5.74) is 9.02. The highest BCUT2D eigenvalue weighted by Crippen LogP contribution is 2.30. The van der Waals surface area contributed by atoms with Crippen molar-refractivity contribution in [1.82, 2.24) is 5.32 Å². The monoisotopic (exact) mass is 332 g/mol. The highest BCUT2D eigenvalue weighted by molar-refractivity contribution is 5.85. The van der Waals surface area contributed by atoms with Crippen molar-refractivity contribution >= 4 is 24.0 Å². The van der Waals surface area contributed by atoms with E-state index in [9.17, 15) is 4.79 Å². The van der Waals surface area contributed by atoms with Crippen molar-refractivity contribution < 1.29 is 9.53 Å². The molecular formula is C18H21ClN2O2. The smallest absolute Gasteiger partial charge is 0.258 e. The minimum absolute atomic E-state index is 0. The number of nitrogens with two attached hydrogens (primary N) is 1.